The molecule has 3 aromatic rings. The molecule has 0 aliphatic carbocycles. The molecule has 0 radical (unpaired) electrons. The molecule has 0 spiro atoms. The van der Waals surface area contributed by atoms with Crippen LogP contribution in [-0.4, -0.2) is 67.9 Å². The van der Waals surface area contributed by atoms with E-state index in [1.54, 1.807) is 30.9 Å². The van der Waals surface area contributed by atoms with E-state index in [4.69, 9.17) is 4.98 Å². The number of imidazole rings is 1. The molecule has 0 atom stereocenters. The van der Waals surface area contributed by atoms with E-state index in [0.29, 0.717) is 11.5 Å². The Morgan fingerprint density at radius 3 is 2.56 bits per heavy atom. The van der Waals surface area contributed by atoms with Crippen molar-refractivity contribution in [2.75, 3.05) is 32.4 Å². The van der Waals surface area contributed by atoms with E-state index in [1.807, 2.05) is 29.5 Å². The summed E-state index contributed by atoms with van der Waals surface area (Å²) in [7, 11) is 0. The predicted molar refractivity (Wildman–Crippen MR) is 131 cm³/mol. The molecular formula is C25H31FN6OS. The Morgan fingerprint density at radius 1 is 1.12 bits per heavy atom. The van der Waals surface area contributed by atoms with Gasteiger partial charge in [0.25, 0.3) is 0 Å². The minimum atomic E-state index is -0.194. The number of fused-ring (bicyclic) bond motifs is 1. The van der Waals surface area contributed by atoms with Crippen LogP contribution in [0.4, 0.5) is 4.39 Å². The molecule has 4 heterocycles. The first-order valence-corrected chi connectivity index (χ1v) is 13.2. The monoisotopic (exact) mass is 482 g/mol. The van der Waals surface area contributed by atoms with E-state index >= 15 is 0 Å². The Morgan fingerprint density at radius 2 is 1.88 bits per heavy atom. The Labute approximate surface area is 203 Å². The average molecular weight is 483 g/mol. The van der Waals surface area contributed by atoms with Gasteiger partial charge in [-0.25, -0.2) is 9.37 Å². The largest absolute Gasteiger partial charge is 0.342 e. The van der Waals surface area contributed by atoms with Gasteiger partial charge in [0, 0.05) is 43.9 Å². The SMILES string of the molecule is CSc1nc2cc(C)c(F)cc2n1C1CCN(C(=O)C2CCN(Cc3ccnnc3)CC2)CC1. The van der Waals surface area contributed by atoms with Crippen LogP contribution in [0.5, 0.6) is 0 Å². The topological polar surface area (TPSA) is 67.2 Å². The first kappa shape index (κ1) is 23.2. The minimum absolute atomic E-state index is 0.108. The van der Waals surface area contributed by atoms with Gasteiger partial charge in [-0.3, -0.25) is 9.69 Å². The maximum absolute atomic E-state index is 14.3. The summed E-state index contributed by atoms with van der Waals surface area (Å²) >= 11 is 1.59. The lowest BCUT2D eigenvalue weighted by Gasteiger charge is -2.38. The summed E-state index contributed by atoms with van der Waals surface area (Å²) in [5.41, 5.74) is 3.48. The standard InChI is InChI=1S/C25H31FN6OS/c1-17-13-22-23(14-21(17)26)32(25(29-22)34-2)20-6-11-31(12-7-20)24(33)19-4-9-30(10-5-19)16-18-3-8-27-28-15-18/h3,8,13-15,19-20H,4-7,9-12,16H2,1-2H3. The second-order valence-electron chi connectivity index (χ2n) is 9.42. The van der Waals surface area contributed by atoms with E-state index in [1.165, 1.54) is 0 Å². The van der Waals surface area contributed by atoms with Crippen LogP contribution in [0, 0.1) is 18.7 Å². The Bertz CT molecular complexity index is 1150. The second kappa shape index (κ2) is 10.00. The summed E-state index contributed by atoms with van der Waals surface area (Å²) in [5.74, 6) is 0.211. The molecular weight excluding hydrogens is 451 g/mol. The molecule has 2 aromatic heterocycles. The van der Waals surface area contributed by atoms with Crippen LogP contribution in [0.15, 0.2) is 35.7 Å². The molecule has 5 rings (SSSR count). The number of nitrogens with zero attached hydrogens (tertiary/aromatic N) is 6. The molecule has 1 aromatic carbocycles. The molecule has 9 heteroatoms. The zero-order valence-corrected chi connectivity index (χ0v) is 20.6. The van der Waals surface area contributed by atoms with E-state index in [-0.39, 0.29) is 17.8 Å². The van der Waals surface area contributed by atoms with Gasteiger partial charge in [0.1, 0.15) is 5.82 Å². The molecule has 2 aliphatic rings. The Kier molecular flexibility index (Phi) is 6.83. The maximum Gasteiger partial charge on any atom is 0.225 e. The number of halogens is 1. The fourth-order valence-electron chi connectivity index (χ4n) is 5.31. The highest BCUT2D eigenvalue weighted by Crippen LogP contribution is 2.34. The summed E-state index contributed by atoms with van der Waals surface area (Å²) in [6, 6.07) is 5.67. The number of aromatic nitrogens is 4. The number of carbonyl (C=O) groups is 1. The van der Waals surface area contributed by atoms with Gasteiger partial charge in [-0.2, -0.15) is 10.2 Å². The summed E-state index contributed by atoms with van der Waals surface area (Å²) in [6.07, 6.45) is 9.08. The van der Waals surface area contributed by atoms with Crippen LogP contribution in [-0.2, 0) is 11.3 Å². The smallest absolute Gasteiger partial charge is 0.225 e. The number of rotatable bonds is 5. The van der Waals surface area contributed by atoms with Crippen molar-refractivity contribution in [3.05, 3.63) is 47.5 Å². The van der Waals surface area contributed by atoms with Crippen molar-refractivity contribution in [1.29, 1.82) is 0 Å². The molecule has 2 aliphatic heterocycles. The van der Waals surface area contributed by atoms with E-state index in [9.17, 15) is 9.18 Å². The quantitative estimate of drug-likeness (QED) is 0.511. The normalized spacial score (nSPS) is 18.6. The molecule has 0 saturated carbocycles. The summed E-state index contributed by atoms with van der Waals surface area (Å²) in [4.78, 5) is 22.4. The van der Waals surface area contributed by atoms with E-state index in [0.717, 1.165) is 80.2 Å². The zero-order valence-electron chi connectivity index (χ0n) is 19.8. The number of amides is 1. The third-order valence-electron chi connectivity index (χ3n) is 7.25. The number of thioether (sulfide) groups is 1. The van der Waals surface area contributed by atoms with Crippen molar-refractivity contribution in [2.45, 2.75) is 50.4 Å². The van der Waals surface area contributed by atoms with E-state index in [2.05, 4.69) is 19.7 Å². The highest BCUT2D eigenvalue weighted by molar-refractivity contribution is 7.98. The van der Waals surface area contributed by atoms with Crippen LogP contribution >= 0.6 is 11.8 Å². The minimum Gasteiger partial charge on any atom is -0.342 e. The average Bonchev–Trinajstić information content (AvgIpc) is 3.22. The number of benzene rings is 1. The Balaban J connectivity index is 1.19. The van der Waals surface area contributed by atoms with Crippen molar-refractivity contribution >= 4 is 28.7 Å². The highest BCUT2D eigenvalue weighted by Gasteiger charge is 2.32. The molecule has 2 fully saturated rings. The van der Waals surface area contributed by atoms with Gasteiger partial charge in [0.2, 0.25) is 5.91 Å². The molecule has 0 unspecified atom stereocenters. The van der Waals surface area contributed by atoms with E-state index < -0.39 is 0 Å². The number of carbonyl (C=O) groups excluding carboxylic acids is 1. The lowest BCUT2D eigenvalue weighted by atomic mass is 9.93. The molecule has 1 amide bonds. The van der Waals surface area contributed by atoms with Gasteiger partial charge < -0.3 is 9.47 Å². The first-order valence-electron chi connectivity index (χ1n) is 12.0. The predicted octanol–water partition coefficient (Wildman–Crippen LogP) is 4.07. The van der Waals surface area contributed by atoms with Crippen molar-refractivity contribution in [2.24, 2.45) is 5.92 Å². The van der Waals surface area contributed by atoms with Gasteiger partial charge in [-0.05, 0) is 75.2 Å². The highest BCUT2D eigenvalue weighted by atomic mass is 32.2. The van der Waals surface area contributed by atoms with Crippen LogP contribution in [0.2, 0.25) is 0 Å². The fourth-order valence-corrected chi connectivity index (χ4v) is 5.94. The second-order valence-corrected chi connectivity index (χ2v) is 10.2. The number of hydrogen-bond donors (Lipinski definition) is 0. The molecule has 7 nitrogen and oxygen atoms in total. The third-order valence-corrected chi connectivity index (χ3v) is 7.90. The van der Waals surface area contributed by atoms with Gasteiger partial charge in [-0.15, -0.1) is 0 Å². The van der Waals surface area contributed by atoms with Crippen molar-refractivity contribution in [1.82, 2.24) is 29.5 Å². The summed E-state index contributed by atoms with van der Waals surface area (Å²) in [5, 5.41) is 8.71. The number of aryl methyl sites for hydroxylation is 1. The lowest BCUT2D eigenvalue weighted by molar-refractivity contribution is -0.138. The van der Waals surface area contributed by atoms with Gasteiger partial charge >= 0.3 is 0 Å². The van der Waals surface area contributed by atoms with Crippen LogP contribution < -0.4 is 0 Å². The van der Waals surface area contributed by atoms with Gasteiger partial charge in [0.05, 0.1) is 17.2 Å². The van der Waals surface area contributed by atoms with Crippen LogP contribution in [0.25, 0.3) is 11.0 Å². The van der Waals surface area contributed by atoms with Crippen LogP contribution in [0.3, 0.4) is 0 Å². The zero-order chi connectivity index (χ0) is 23.7. The fraction of sp³-hybridized carbons (Fsp3) is 0.520. The summed E-state index contributed by atoms with van der Waals surface area (Å²) < 4.78 is 16.5. The summed E-state index contributed by atoms with van der Waals surface area (Å²) in [6.45, 7) is 5.98. The molecule has 2 saturated heterocycles. The number of piperidine rings is 2. The van der Waals surface area contributed by atoms with Crippen molar-refractivity contribution in [3.63, 3.8) is 0 Å². The lowest BCUT2D eigenvalue weighted by Crippen LogP contribution is -2.45. The van der Waals surface area contributed by atoms with Gasteiger partial charge in [-0.1, -0.05) is 11.8 Å². The number of likely N-dealkylation sites (tertiary alicyclic amines) is 2. The third kappa shape index (κ3) is 4.68. The Hall–Kier alpha value is -2.52. The van der Waals surface area contributed by atoms with Gasteiger partial charge in [0.15, 0.2) is 5.16 Å². The molecule has 0 bridgehead atoms. The first-order chi connectivity index (χ1) is 16.5. The number of hydrogen-bond acceptors (Lipinski definition) is 6. The molecule has 34 heavy (non-hydrogen) atoms. The van der Waals surface area contributed by atoms with Crippen LogP contribution in [0.1, 0.15) is 42.9 Å². The molecule has 180 valence electrons. The molecule has 0 N–H and O–H groups in total. The van der Waals surface area contributed by atoms with Crippen molar-refractivity contribution in [3.8, 4) is 0 Å². The van der Waals surface area contributed by atoms with Crippen molar-refractivity contribution < 1.29 is 9.18 Å². The maximum atomic E-state index is 14.3.